The number of hydrazone groups is 1. The van der Waals surface area contributed by atoms with E-state index in [0.717, 1.165) is 13.1 Å². The van der Waals surface area contributed by atoms with Crippen LogP contribution >= 0.6 is 0 Å². The van der Waals surface area contributed by atoms with Crippen molar-refractivity contribution < 1.29 is 18.9 Å². The summed E-state index contributed by atoms with van der Waals surface area (Å²) < 4.78 is 10.9. The minimum absolute atomic E-state index is 0.0366. The molecule has 0 unspecified atom stereocenters. The van der Waals surface area contributed by atoms with Crippen molar-refractivity contribution in [1.82, 2.24) is 10.3 Å². The van der Waals surface area contributed by atoms with Crippen LogP contribution in [-0.4, -0.2) is 54.8 Å². The second-order valence-corrected chi connectivity index (χ2v) is 6.14. The van der Waals surface area contributed by atoms with E-state index in [1.807, 2.05) is 4.90 Å². The lowest BCUT2D eigenvalue weighted by Crippen LogP contribution is -2.42. The Morgan fingerprint density at radius 2 is 2.11 bits per heavy atom. The third-order valence-electron chi connectivity index (χ3n) is 4.17. The first-order valence-corrected chi connectivity index (χ1v) is 8.50. The van der Waals surface area contributed by atoms with E-state index in [1.165, 1.54) is 12.3 Å². The van der Waals surface area contributed by atoms with Crippen molar-refractivity contribution in [2.75, 3.05) is 32.8 Å². The van der Waals surface area contributed by atoms with Gasteiger partial charge >= 0.3 is 0 Å². The third-order valence-corrected chi connectivity index (χ3v) is 4.17. The quantitative estimate of drug-likeness (QED) is 0.471. The third kappa shape index (κ3) is 4.99. The van der Waals surface area contributed by atoms with Gasteiger partial charge in [0.05, 0.1) is 30.9 Å². The Hall–Kier alpha value is -3.04. The molecule has 27 heavy (non-hydrogen) atoms. The molecule has 142 valence electrons. The summed E-state index contributed by atoms with van der Waals surface area (Å²) in [5, 5.41) is 15.0. The Morgan fingerprint density at radius 1 is 1.33 bits per heavy atom. The molecule has 1 aromatic carbocycles. The van der Waals surface area contributed by atoms with Gasteiger partial charge < -0.3 is 9.15 Å². The van der Waals surface area contributed by atoms with Crippen LogP contribution in [0.2, 0.25) is 0 Å². The van der Waals surface area contributed by atoms with Crippen molar-refractivity contribution in [2.45, 2.75) is 6.92 Å². The van der Waals surface area contributed by atoms with Gasteiger partial charge in [0.1, 0.15) is 11.5 Å². The average Bonchev–Trinajstić information content (AvgIpc) is 3.11. The van der Waals surface area contributed by atoms with Crippen LogP contribution in [0.3, 0.4) is 0 Å². The SMILES string of the molecule is Cc1ccc(-c2ccc(/C=N/NC(=O)CN3CCOCC3)o2)cc1[N+](=O)[O-]. The van der Waals surface area contributed by atoms with E-state index in [4.69, 9.17) is 9.15 Å². The van der Waals surface area contributed by atoms with Gasteiger partial charge in [-0.3, -0.25) is 19.8 Å². The predicted octanol–water partition coefficient (Wildman–Crippen LogP) is 1.95. The van der Waals surface area contributed by atoms with E-state index in [1.54, 1.807) is 31.2 Å². The zero-order valence-electron chi connectivity index (χ0n) is 14.9. The van der Waals surface area contributed by atoms with Crippen molar-refractivity contribution in [3.63, 3.8) is 0 Å². The molecule has 2 aromatic rings. The number of hydrogen-bond acceptors (Lipinski definition) is 7. The molecule has 0 radical (unpaired) electrons. The molecule has 0 spiro atoms. The number of carbonyl (C=O) groups excluding carboxylic acids is 1. The Kier molecular flexibility index (Phi) is 5.94. The van der Waals surface area contributed by atoms with Gasteiger partial charge in [0.25, 0.3) is 11.6 Å². The van der Waals surface area contributed by atoms with Crippen LogP contribution < -0.4 is 5.43 Å². The van der Waals surface area contributed by atoms with Gasteiger partial charge in [0.2, 0.25) is 0 Å². The average molecular weight is 372 g/mol. The number of furan rings is 1. The number of rotatable bonds is 6. The van der Waals surface area contributed by atoms with Crippen molar-refractivity contribution in [3.8, 4) is 11.3 Å². The Morgan fingerprint density at radius 3 is 2.85 bits per heavy atom. The van der Waals surface area contributed by atoms with Crippen molar-refractivity contribution >= 4 is 17.8 Å². The summed E-state index contributed by atoms with van der Waals surface area (Å²) in [6, 6.07) is 8.28. The van der Waals surface area contributed by atoms with E-state index < -0.39 is 4.92 Å². The number of aryl methyl sites for hydroxylation is 1. The number of amides is 1. The lowest BCUT2D eigenvalue weighted by Gasteiger charge is -2.25. The number of carbonyl (C=O) groups is 1. The van der Waals surface area contributed by atoms with Gasteiger partial charge in [0, 0.05) is 30.3 Å². The highest BCUT2D eigenvalue weighted by atomic mass is 16.6. The molecule has 3 rings (SSSR count). The van der Waals surface area contributed by atoms with Crippen LogP contribution in [0.25, 0.3) is 11.3 Å². The van der Waals surface area contributed by atoms with Gasteiger partial charge in [-0.25, -0.2) is 5.43 Å². The molecule has 0 bridgehead atoms. The van der Waals surface area contributed by atoms with E-state index in [0.29, 0.717) is 35.9 Å². The van der Waals surface area contributed by atoms with E-state index in [2.05, 4.69) is 10.5 Å². The first-order chi connectivity index (χ1) is 13.0. The smallest absolute Gasteiger partial charge is 0.273 e. The number of benzene rings is 1. The Balaban J connectivity index is 1.59. The summed E-state index contributed by atoms with van der Waals surface area (Å²) in [7, 11) is 0. The summed E-state index contributed by atoms with van der Waals surface area (Å²) in [5.41, 5.74) is 3.68. The number of nitrogens with zero attached hydrogens (tertiary/aromatic N) is 3. The van der Waals surface area contributed by atoms with Gasteiger partial charge in [-0.15, -0.1) is 0 Å². The first-order valence-electron chi connectivity index (χ1n) is 8.50. The molecule has 1 amide bonds. The van der Waals surface area contributed by atoms with Gasteiger partial charge in [-0.2, -0.15) is 5.10 Å². The Labute approximate surface area is 155 Å². The highest BCUT2D eigenvalue weighted by molar-refractivity contribution is 5.82. The summed E-state index contributed by atoms with van der Waals surface area (Å²) >= 11 is 0. The number of nitrogens with one attached hydrogen (secondary N) is 1. The minimum atomic E-state index is -0.422. The maximum Gasteiger partial charge on any atom is 0.273 e. The lowest BCUT2D eigenvalue weighted by molar-refractivity contribution is -0.385. The fourth-order valence-corrected chi connectivity index (χ4v) is 2.70. The number of ether oxygens (including phenoxy) is 1. The molecule has 0 atom stereocenters. The van der Waals surface area contributed by atoms with E-state index in [-0.39, 0.29) is 18.1 Å². The standard InChI is InChI=1S/C18H20N4O5/c1-13-2-3-14(10-16(13)22(24)25)17-5-4-15(27-17)11-19-20-18(23)12-21-6-8-26-9-7-21/h2-5,10-11H,6-9,12H2,1H3,(H,20,23)/b19-11+. The van der Waals surface area contributed by atoms with Crippen LogP contribution in [-0.2, 0) is 9.53 Å². The number of nitro groups is 1. The van der Waals surface area contributed by atoms with Crippen LogP contribution in [0.1, 0.15) is 11.3 Å². The maximum atomic E-state index is 11.9. The molecular weight excluding hydrogens is 352 g/mol. The molecule has 1 N–H and O–H groups in total. The summed E-state index contributed by atoms with van der Waals surface area (Å²) in [4.78, 5) is 24.5. The van der Waals surface area contributed by atoms with Gasteiger partial charge in [-0.1, -0.05) is 12.1 Å². The second kappa shape index (κ2) is 8.56. The molecular formula is C18H20N4O5. The van der Waals surface area contributed by atoms with Crippen molar-refractivity contribution in [1.29, 1.82) is 0 Å². The molecule has 9 heteroatoms. The zero-order valence-corrected chi connectivity index (χ0v) is 14.9. The summed E-state index contributed by atoms with van der Waals surface area (Å²) in [5.74, 6) is 0.702. The molecule has 9 nitrogen and oxygen atoms in total. The molecule has 1 aliphatic heterocycles. The molecule has 2 heterocycles. The zero-order chi connectivity index (χ0) is 19.2. The highest BCUT2D eigenvalue weighted by Crippen LogP contribution is 2.27. The van der Waals surface area contributed by atoms with Gasteiger partial charge in [0.15, 0.2) is 0 Å². The minimum Gasteiger partial charge on any atom is -0.455 e. The fourth-order valence-electron chi connectivity index (χ4n) is 2.70. The molecule has 0 saturated carbocycles. The van der Waals surface area contributed by atoms with Gasteiger partial charge in [-0.05, 0) is 19.1 Å². The lowest BCUT2D eigenvalue weighted by atomic mass is 10.1. The molecule has 1 saturated heterocycles. The topological polar surface area (TPSA) is 110 Å². The predicted molar refractivity (Wildman–Crippen MR) is 98.5 cm³/mol. The normalized spacial score (nSPS) is 15.1. The number of morpholine rings is 1. The number of hydrogen-bond donors (Lipinski definition) is 1. The van der Waals surface area contributed by atoms with Crippen molar-refractivity contribution in [2.24, 2.45) is 5.10 Å². The van der Waals surface area contributed by atoms with Crippen molar-refractivity contribution in [3.05, 3.63) is 51.8 Å². The molecule has 1 aromatic heterocycles. The van der Waals surface area contributed by atoms with E-state index in [9.17, 15) is 14.9 Å². The number of nitro benzene ring substituents is 1. The maximum absolute atomic E-state index is 11.9. The second-order valence-electron chi connectivity index (χ2n) is 6.14. The van der Waals surface area contributed by atoms with Crippen LogP contribution in [0.5, 0.6) is 0 Å². The molecule has 1 fully saturated rings. The van der Waals surface area contributed by atoms with Crippen LogP contribution in [0.4, 0.5) is 5.69 Å². The molecule has 0 aliphatic carbocycles. The highest BCUT2D eigenvalue weighted by Gasteiger charge is 2.14. The first kappa shape index (κ1) is 18.7. The molecule has 1 aliphatic rings. The Bertz CT molecular complexity index is 855. The van der Waals surface area contributed by atoms with Crippen LogP contribution in [0, 0.1) is 17.0 Å². The fraction of sp³-hybridized carbons (Fsp3) is 0.333. The monoisotopic (exact) mass is 372 g/mol. The van der Waals surface area contributed by atoms with Crippen LogP contribution in [0.15, 0.2) is 39.9 Å². The summed E-state index contributed by atoms with van der Waals surface area (Å²) in [6.45, 7) is 4.65. The summed E-state index contributed by atoms with van der Waals surface area (Å²) in [6.07, 6.45) is 1.39. The largest absolute Gasteiger partial charge is 0.455 e. The van der Waals surface area contributed by atoms with E-state index >= 15 is 0 Å².